The molecule has 2 aromatic rings. The van der Waals surface area contributed by atoms with Gasteiger partial charge in [-0.05, 0) is 24.3 Å². The van der Waals surface area contributed by atoms with E-state index in [-0.39, 0.29) is 11.4 Å². The second-order valence-corrected chi connectivity index (χ2v) is 9.34. The molecular formula is C19H15ClF4N2O6S. The van der Waals surface area contributed by atoms with Crippen molar-refractivity contribution in [1.82, 2.24) is 4.31 Å². The number of rotatable bonds is 6. The lowest BCUT2D eigenvalue weighted by Gasteiger charge is -2.27. The van der Waals surface area contributed by atoms with Crippen molar-refractivity contribution in [1.29, 1.82) is 0 Å². The number of hydrogen-bond acceptors (Lipinski definition) is 6. The van der Waals surface area contributed by atoms with Crippen molar-refractivity contribution in [2.75, 3.05) is 19.7 Å². The van der Waals surface area contributed by atoms with Crippen molar-refractivity contribution in [2.45, 2.75) is 23.0 Å². The number of hydrogen-bond donors (Lipinski definition) is 2. The van der Waals surface area contributed by atoms with Crippen molar-refractivity contribution in [3.8, 4) is 11.5 Å². The van der Waals surface area contributed by atoms with Gasteiger partial charge in [-0.3, -0.25) is 0 Å². The Morgan fingerprint density at radius 1 is 1.24 bits per heavy atom. The van der Waals surface area contributed by atoms with E-state index in [4.69, 9.17) is 22.9 Å². The summed E-state index contributed by atoms with van der Waals surface area (Å²) in [6.07, 6.45) is -6.35. The highest BCUT2D eigenvalue weighted by Crippen LogP contribution is 2.35. The van der Waals surface area contributed by atoms with Crippen LogP contribution in [0.1, 0.15) is 0 Å². The first-order chi connectivity index (χ1) is 15.3. The minimum Gasteiger partial charge on any atom is -0.486 e. The molecule has 33 heavy (non-hydrogen) atoms. The molecule has 2 N–H and O–H groups in total. The minimum atomic E-state index is -5.01. The van der Waals surface area contributed by atoms with Crippen LogP contribution in [0.4, 0.5) is 23.2 Å². The number of alkyl halides is 3. The monoisotopic (exact) mass is 510 g/mol. The Hall–Kier alpha value is -2.63. The minimum absolute atomic E-state index is 0.122. The van der Waals surface area contributed by atoms with E-state index in [2.05, 4.69) is 9.58 Å². The molecule has 2 aromatic carbocycles. The predicted molar refractivity (Wildman–Crippen MR) is 106 cm³/mol. The third-order valence-corrected chi connectivity index (χ3v) is 7.06. The molecule has 0 aliphatic carbocycles. The summed E-state index contributed by atoms with van der Waals surface area (Å²) in [5.74, 6) is -1.75. The number of nitrogens with zero attached hydrogens (tertiary/aromatic N) is 2. The van der Waals surface area contributed by atoms with Crippen LogP contribution < -0.4 is 9.47 Å². The molecule has 0 saturated carbocycles. The Kier molecular flexibility index (Phi) is 6.79. The van der Waals surface area contributed by atoms with Crippen LogP contribution in [0.3, 0.4) is 0 Å². The summed E-state index contributed by atoms with van der Waals surface area (Å²) in [6, 6.07) is 5.48. The smallest absolute Gasteiger partial charge is 0.486 e. The molecule has 14 heteroatoms. The van der Waals surface area contributed by atoms with Gasteiger partial charge in [-0.1, -0.05) is 11.6 Å². The van der Waals surface area contributed by atoms with E-state index in [0.717, 1.165) is 28.6 Å². The molecule has 3 rings (SSSR count). The molecule has 1 heterocycles. The van der Waals surface area contributed by atoms with Crippen LogP contribution in [0.5, 0.6) is 11.5 Å². The van der Waals surface area contributed by atoms with Gasteiger partial charge in [0.2, 0.25) is 15.7 Å². The number of ether oxygens (including phenoxy) is 2. The van der Waals surface area contributed by atoms with Crippen molar-refractivity contribution in [3.63, 3.8) is 0 Å². The van der Waals surface area contributed by atoms with Gasteiger partial charge in [0.15, 0.2) is 0 Å². The summed E-state index contributed by atoms with van der Waals surface area (Å²) >= 11 is 5.88. The molecule has 0 bridgehead atoms. The first-order valence-electron chi connectivity index (χ1n) is 9.01. The summed E-state index contributed by atoms with van der Waals surface area (Å²) < 4.78 is 86.9. The largest absolute Gasteiger partial charge is 0.573 e. The van der Waals surface area contributed by atoms with E-state index < -0.39 is 69.3 Å². The number of β-amino-alcohol motifs (C(OH)–C–C–N with tert-alkyl or cyclic N) is 1. The first kappa shape index (κ1) is 25.0. The van der Waals surface area contributed by atoms with Crippen LogP contribution in [0.2, 0.25) is 5.02 Å². The highest BCUT2D eigenvalue weighted by molar-refractivity contribution is 7.89. The standard InChI is InChI=1S/C19H15ClF4N2O6S/c1-25-15-4-2-11(7-14(15)21)31-17-8-26(9-18(17,28)10-27)33(29,30)16-5-3-12(6-13(16)20)32-19(22,23)24/h2-7,17,27-28H,8-10H2/t17-,18+/m0/s1. The summed E-state index contributed by atoms with van der Waals surface area (Å²) in [4.78, 5) is 2.40. The van der Waals surface area contributed by atoms with Crippen LogP contribution in [0.15, 0.2) is 41.3 Å². The van der Waals surface area contributed by atoms with Gasteiger partial charge in [-0.2, -0.15) is 4.31 Å². The molecule has 8 nitrogen and oxygen atoms in total. The summed E-state index contributed by atoms with van der Waals surface area (Å²) in [6.45, 7) is 4.79. The Bertz CT molecular complexity index is 1200. The molecule has 0 radical (unpaired) electrons. The average Bonchev–Trinajstić information content (AvgIpc) is 3.04. The second kappa shape index (κ2) is 8.96. The fraction of sp³-hybridized carbons (Fsp3) is 0.316. The van der Waals surface area contributed by atoms with Crippen molar-refractivity contribution >= 4 is 27.3 Å². The molecule has 0 spiro atoms. The third kappa shape index (κ3) is 5.31. The van der Waals surface area contributed by atoms with E-state index in [0.29, 0.717) is 6.07 Å². The normalized spacial score (nSPS) is 21.6. The van der Waals surface area contributed by atoms with Gasteiger partial charge in [-0.25, -0.2) is 17.7 Å². The van der Waals surface area contributed by atoms with Crippen LogP contribution >= 0.6 is 11.6 Å². The number of halogens is 5. The zero-order chi connectivity index (χ0) is 24.6. The highest BCUT2D eigenvalue weighted by Gasteiger charge is 2.51. The second-order valence-electron chi connectivity index (χ2n) is 7.03. The molecule has 1 aliphatic heterocycles. The highest BCUT2D eigenvalue weighted by atomic mass is 35.5. The molecule has 0 amide bonds. The lowest BCUT2D eigenvalue weighted by atomic mass is 10.0. The van der Waals surface area contributed by atoms with Crippen LogP contribution in [-0.2, 0) is 10.0 Å². The Morgan fingerprint density at radius 2 is 1.91 bits per heavy atom. The van der Waals surface area contributed by atoms with Gasteiger partial charge in [0.1, 0.15) is 33.9 Å². The molecule has 1 saturated heterocycles. The van der Waals surface area contributed by atoms with Gasteiger partial charge in [0, 0.05) is 18.7 Å². The molecular weight excluding hydrogens is 496 g/mol. The van der Waals surface area contributed by atoms with E-state index in [1.54, 1.807) is 0 Å². The zero-order valence-corrected chi connectivity index (χ0v) is 18.0. The van der Waals surface area contributed by atoms with E-state index in [9.17, 15) is 36.2 Å². The van der Waals surface area contributed by atoms with Gasteiger partial charge in [0.25, 0.3) is 0 Å². The number of benzene rings is 2. The maximum absolute atomic E-state index is 13.9. The van der Waals surface area contributed by atoms with E-state index in [1.807, 2.05) is 0 Å². The van der Waals surface area contributed by atoms with Crippen LogP contribution in [-0.4, -0.2) is 60.7 Å². The molecule has 1 fully saturated rings. The van der Waals surface area contributed by atoms with Crippen LogP contribution in [0.25, 0.3) is 4.85 Å². The summed E-state index contributed by atoms with van der Waals surface area (Å²) in [7, 11) is -4.46. The molecule has 2 atom stereocenters. The van der Waals surface area contributed by atoms with Gasteiger partial charge in [-0.15, -0.1) is 13.2 Å². The molecule has 0 unspecified atom stereocenters. The van der Waals surface area contributed by atoms with Crippen molar-refractivity contribution in [3.05, 3.63) is 58.7 Å². The zero-order valence-electron chi connectivity index (χ0n) is 16.4. The Morgan fingerprint density at radius 3 is 2.45 bits per heavy atom. The first-order valence-corrected chi connectivity index (χ1v) is 10.8. The fourth-order valence-corrected chi connectivity index (χ4v) is 5.16. The van der Waals surface area contributed by atoms with Gasteiger partial charge in [0.05, 0.1) is 24.7 Å². The Balaban J connectivity index is 1.86. The van der Waals surface area contributed by atoms with Crippen LogP contribution in [0, 0.1) is 12.4 Å². The lowest BCUT2D eigenvalue weighted by molar-refractivity contribution is -0.274. The fourth-order valence-electron chi connectivity index (χ4n) is 3.15. The quantitative estimate of drug-likeness (QED) is 0.457. The number of aliphatic hydroxyl groups is 2. The SMILES string of the molecule is [C-]#[N+]c1ccc(O[C@H]2CN(S(=O)(=O)c3ccc(OC(F)(F)F)cc3Cl)C[C@@]2(O)CO)cc1F. The van der Waals surface area contributed by atoms with Gasteiger partial charge < -0.3 is 19.7 Å². The maximum atomic E-state index is 13.9. The molecule has 178 valence electrons. The Labute approximate surface area is 190 Å². The lowest BCUT2D eigenvalue weighted by Crippen LogP contribution is -2.48. The summed E-state index contributed by atoms with van der Waals surface area (Å²) in [5.41, 5.74) is -2.36. The van der Waals surface area contributed by atoms with E-state index >= 15 is 0 Å². The average molecular weight is 511 g/mol. The molecule has 0 aromatic heterocycles. The molecule has 1 aliphatic rings. The van der Waals surface area contributed by atoms with Gasteiger partial charge >= 0.3 is 6.36 Å². The predicted octanol–water partition coefficient (Wildman–Crippen LogP) is 3.10. The number of sulfonamides is 1. The topological polar surface area (TPSA) is 101 Å². The number of aliphatic hydroxyl groups excluding tert-OH is 1. The van der Waals surface area contributed by atoms with Crippen molar-refractivity contribution < 1.29 is 45.7 Å². The van der Waals surface area contributed by atoms with Crippen molar-refractivity contribution in [2.24, 2.45) is 0 Å². The maximum Gasteiger partial charge on any atom is 0.573 e. The summed E-state index contributed by atoms with van der Waals surface area (Å²) in [5, 5.41) is 19.8. The van der Waals surface area contributed by atoms with E-state index in [1.165, 1.54) is 6.07 Å². The third-order valence-electron chi connectivity index (χ3n) is 4.77.